The number of carbonyl (C=O) groups excluding carboxylic acids is 2. The van der Waals surface area contributed by atoms with E-state index in [2.05, 4.69) is 10.6 Å². The van der Waals surface area contributed by atoms with Crippen molar-refractivity contribution in [3.8, 4) is 0 Å². The molecule has 0 aromatic carbocycles. The smallest absolute Gasteiger partial charge is 0.217 e. The van der Waals surface area contributed by atoms with Gasteiger partial charge in [-0.15, -0.1) is 0 Å². The van der Waals surface area contributed by atoms with Crippen LogP contribution >= 0.6 is 0 Å². The van der Waals surface area contributed by atoms with Crippen molar-refractivity contribution < 1.29 is 19.1 Å². The van der Waals surface area contributed by atoms with Crippen LogP contribution in [0.1, 0.15) is 33.6 Å². The van der Waals surface area contributed by atoms with E-state index in [1.807, 2.05) is 6.92 Å². The molecule has 6 heteroatoms. The molecule has 18 heavy (non-hydrogen) atoms. The number of hydrogen-bond acceptors (Lipinski definition) is 4. The van der Waals surface area contributed by atoms with Gasteiger partial charge in [-0.1, -0.05) is 0 Å². The normalized spacial score (nSPS) is 29.4. The van der Waals surface area contributed by atoms with Crippen LogP contribution in [0.25, 0.3) is 0 Å². The zero-order valence-electron chi connectivity index (χ0n) is 11.4. The molecule has 1 aliphatic rings. The van der Waals surface area contributed by atoms with E-state index in [1.54, 1.807) is 7.11 Å². The molecule has 4 atom stereocenters. The lowest BCUT2D eigenvalue weighted by Gasteiger charge is -2.38. The van der Waals surface area contributed by atoms with Gasteiger partial charge in [-0.2, -0.15) is 0 Å². The van der Waals surface area contributed by atoms with Crippen LogP contribution in [0, 0.1) is 0 Å². The number of amides is 2. The summed E-state index contributed by atoms with van der Waals surface area (Å²) < 4.78 is 11.0. The quantitative estimate of drug-likeness (QED) is 0.753. The van der Waals surface area contributed by atoms with Crippen LogP contribution in [0.5, 0.6) is 0 Å². The third kappa shape index (κ3) is 4.27. The highest BCUT2D eigenvalue weighted by Gasteiger charge is 2.34. The third-order valence-corrected chi connectivity index (χ3v) is 3.01. The zero-order chi connectivity index (χ0) is 13.7. The molecule has 104 valence electrons. The largest absolute Gasteiger partial charge is 0.354 e. The van der Waals surface area contributed by atoms with E-state index in [9.17, 15) is 9.59 Å². The van der Waals surface area contributed by atoms with Crippen LogP contribution in [-0.4, -0.2) is 43.4 Å². The maximum absolute atomic E-state index is 11.1. The number of methoxy groups -OCH3 is 1. The minimum atomic E-state index is -0.469. The second-order valence-electron chi connectivity index (χ2n) is 4.65. The van der Waals surface area contributed by atoms with Gasteiger partial charge in [0.15, 0.2) is 6.29 Å². The van der Waals surface area contributed by atoms with E-state index >= 15 is 0 Å². The lowest BCUT2D eigenvalue weighted by molar-refractivity contribution is -0.201. The Labute approximate surface area is 107 Å². The van der Waals surface area contributed by atoms with Gasteiger partial charge in [-0.05, 0) is 19.8 Å². The van der Waals surface area contributed by atoms with E-state index in [1.165, 1.54) is 13.8 Å². The fraction of sp³-hybridized carbons (Fsp3) is 0.833. The number of rotatable bonds is 4. The fourth-order valence-electron chi connectivity index (χ4n) is 2.22. The Morgan fingerprint density at radius 2 is 1.94 bits per heavy atom. The molecule has 1 fully saturated rings. The fourth-order valence-corrected chi connectivity index (χ4v) is 2.22. The maximum atomic E-state index is 11.1. The number of hydrogen-bond donors (Lipinski definition) is 2. The van der Waals surface area contributed by atoms with Crippen LogP contribution in [0.4, 0.5) is 0 Å². The van der Waals surface area contributed by atoms with Crippen molar-refractivity contribution in [3.05, 3.63) is 0 Å². The predicted octanol–water partition coefficient (Wildman–Crippen LogP) is 0.167. The molecule has 2 N–H and O–H groups in total. The van der Waals surface area contributed by atoms with Gasteiger partial charge in [0, 0.05) is 21.0 Å². The molecule has 1 rings (SSSR count). The Balaban J connectivity index is 2.54. The van der Waals surface area contributed by atoms with Gasteiger partial charge in [-0.3, -0.25) is 9.59 Å². The number of carbonyl (C=O) groups is 2. The first-order valence-electron chi connectivity index (χ1n) is 6.16. The molecule has 6 nitrogen and oxygen atoms in total. The molecular weight excluding hydrogens is 236 g/mol. The van der Waals surface area contributed by atoms with Crippen LogP contribution in [0.15, 0.2) is 0 Å². The van der Waals surface area contributed by atoms with Crippen LogP contribution in [0.3, 0.4) is 0 Å². The molecule has 3 unspecified atom stereocenters. The first-order valence-corrected chi connectivity index (χ1v) is 6.16. The van der Waals surface area contributed by atoms with Gasteiger partial charge < -0.3 is 20.1 Å². The molecular formula is C12H22N2O4. The summed E-state index contributed by atoms with van der Waals surface area (Å²) in [5, 5.41) is 5.61. The molecule has 1 saturated heterocycles. The summed E-state index contributed by atoms with van der Waals surface area (Å²) in [6.45, 7) is 4.85. The molecule has 0 radical (unpaired) electrons. The minimum absolute atomic E-state index is 0.0709. The summed E-state index contributed by atoms with van der Waals surface area (Å²) in [5.74, 6) is -0.178. The average molecular weight is 258 g/mol. The van der Waals surface area contributed by atoms with Gasteiger partial charge in [0.05, 0.1) is 18.2 Å². The van der Waals surface area contributed by atoms with Crippen LogP contribution in [-0.2, 0) is 19.1 Å². The summed E-state index contributed by atoms with van der Waals surface area (Å²) in [4.78, 5) is 22.1. The van der Waals surface area contributed by atoms with Gasteiger partial charge >= 0.3 is 0 Å². The second-order valence-corrected chi connectivity index (χ2v) is 4.65. The lowest BCUT2D eigenvalue weighted by Crippen LogP contribution is -2.54. The minimum Gasteiger partial charge on any atom is -0.354 e. The highest BCUT2D eigenvalue weighted by Crippen LogP contribution is 2.22. The van der Waals surface area contributed by atoms with Crippen molar-refractivity contribution >= 4 is 11.8 Å². The summed E-state index contributed by atoms with van der Waals surface area (Å²) in [6.07, 6.45) is 0.978. The molecule has 0 aromatic rings. The lowest BCUT2D eigenvalue weighted by atomic mass is 9.99. The van der Waals surface area contributed by atoms with Crippen molar-refractivity contribution in [1.29, 1.82) is 0 Å². The molecule has 1 heterocycles. The van der Waals surface area contributed by atoms with Crippen molar-refractivity contribution in [2.24, 2.45) is 0 Å². The summed E-state index contributed by atoms with van der Waals surface area (Å²) in [5.41, 5.74) is 0. The number of ether oxygens (including phenoxy) is 2. The van der Waals surface area contributed by atoms with E-state index in [4.69, 9.17) is 9.47 Å². The summed E-state index contributed by atoms with van der Waals surface area (Å²) in [6, 6.07) is -0.202. The monoisotopic (exact) mass is 258 g/mol. The second kappa shape index (κ2) is 6.70. The van der Waals surface area contributed by atoms with Crippen LogP contribution < -0.4 is 10.6 Å². The third-order valence-electron chi connectivity index (χ3n) is 3.01. The SMILES string of the molecule is CO[C@H]1OC(C(C)NC(C)=O)CCC1NC(C)=O. The van der Waals surface area contributed by atoms with Crippen molar-refractivity contribution in [2.75, 3.05) is 7.11 Å². The first kappa shape index (κ1) is 14.9. The standard InChI is InChI=1S/C12H22N2O4/c1-7(13-8(2)15)11-6-5-10(14-9(3)16)12(17-4)18-11/h7,10-12H,5-6H2,1-4H3,(H,13,15)(H,14,16)/t7?,10?,11?,12-/m0/s1. The molecule has 1 aliphatic heterocycles. The van der Waals surface area contributed by atoms with E-state index in [-0.39, 0.29) is 30.0 Å². The van der Waals surface area contributed by atoms with Crippen molar-refractivity contribution in [1.82, 2.24) is 10.6 Å². The molecule has 0 saturated carbocycles. The Morgan fingerprint density at radius 3 is 2.44 bits per heavy atom. The molecule has 0 aromatic heterocycles. The van der Waals surface area contributed by atoms with Gasteiger partial charge in [0.2, 0.25) is 11.8 Å². The zero-order valence-corrected chi connectivity index (χ0v) is 11.4. The van der Waals surface area contributed by atoms with E-state index in [0.717, 1.165) is 12.8 Å². The summed E-state index contributed by atoms with van der Waals surface area (Å²) in [7, 11) is 1.55. The summed E-state index contributed by atoms with van der Waals surface area (Å²) >= 11 is 0. The molecule has 0 aliphatic carbocycles. The van der Waals surface area contributed by atoms with Crippen LogP contribution in [0.2, 0.25) is 0 Å². The van der Waals surface area contributed by atoms with Gasteiger partial charge in [0.25, 0.3) is 0 Å². The predicted molar refractivity (Wildman–Crippen MR) is 65.8 cm³/mol. The highest BCUT2D eigenvalue weighted by atomic mass is 16.7. The Hall–Kier alpha value is -1.14. The first-order chi connectivity index (χ1) is 8.43. The Morgan fingerprint density at radius 1 is 1.28 bits per heavy atom. The van der Waals surface area contributed by atoms with E-state index < -0.39 is 6.29 Å². The molecule has 0 spiro atoms. The average Bonchev–Trinajstić information content (AvgIpc) is 2.27. The van der Waals surface area contributed by atoms with Gasteiger partial charge in [-0.25, -0.2) is 0 Å². The number of nitrogens with one attached hydrogen (secondary N) is 2. The maximum Gasteiger partial charge on any atom is 0.217 e. The Bertz CT molecular complexity index is 308. The topological polar surface area (TPSA) is 76.7 Å². The molecule has 2 amide bonds. The van der Waals surface area contributed by atoms with Crippen molar-refractivity contribution in [3.63, 3.8) is 0 Å². The van der Waals surface area contributed by atoms with Gasteiger partial charge in [0.1, 0.15) is 0 Å². The molecule has 0 bridgehead atoms. The highest BCUT2D eigenvalue weighted by molar-refractivity contribution is 5.73. The van der Waals surface area contributed by atoms with Crippen molar-refractivity contribution in [2.45, 2.75) is 58.1 Å². The van der Waals surface area contributed by atoms with E-state index in [0.29, 0.717) is 0 Å². The Kier molecular flexibility index (Phi) is 5.55.